The van der Waals surface area contributed by atoms with Gasteiger partial charge in [-0.3, -0.25) is 0 Å². The molecule has 0 unspecified atom stereocenters. The third-order valence-corrected chi connectivity index (χ3v) is 19.6. The monoisotopic (exact) mass is 1180 g/mol. The number of rotatable bonds is 9. The predicted molar refractivity (Wildman–Crippen MR) is 372 cm³/mol. The van der Waals surface area contributed by atoms with Gasteiger partial charge in [0.25, 0.3) is 0 Å². The molecular weight excluding hydrogens is 1130 g/mol. The summed E-state index contributed by atoms with van der Waals surface area (Å²) in [5, 5.41) is 13.2. The highest BCUT2D eigenvalue weighted by Gasteiger charge is 2.28. The summed E-state index contributed by atoms with van der Waals surface area (Å²) in [5.41, 5.74) is 18.5. The zero-order valence-corrected chi connectivity index (χ0v) is 48.8. The highest BCUT2D eigenvalue weighted by atomic mass is 32.1. The van der Waals surface area contributed by atoms with Gasteiger partial charge in [-0.05, 0) is 138 Å². The van der Waals surface area contributed by atoms with Crippen LogP contribution in [0.2, 0.25) is 0 Å². The maximum atomic E-state index is 15.1. The van der Waals surface area contributed by atoms with E-state index >= 15 is 4.39 Å². The molecule has 5 heterocycles. The van der Waals surface area contributed by atoms with E-state index in [-0.39, 0.29) is 11.6 Å². The molecule has 0 spiro atoms. The molecule has 8 heteroatoms. The second kappa shape index (κ2) is 19.5. The van der Waals surface area contributed by atoms with Gasteiger partial charge in [-0.2, -0.15) is 0 Å². The third kappa shape index (κ3) is 7.58. The number of furan rings is 2. The molecule has 5 aromatic heterocycles. The molecule has 5 nitrogen and oxygen atoms in total. The lowest BCUT2D eigenvalue weighted by molar-refractivity contribution is 0.627. The molecule has 422 valence electrons. The molecule has 0 saturated heterocycles. The van der Waals surface area contributed by atoms with E-state index in [0.717, 1.165) is 160 Å². The van der Waals surface area contributed by atoms with Crippen molar-refractivity contribution < 1.29 is 17.6 Å². The van der Waals surface area contributed by atoms with E-state index in [4.69, 9.17) is 8.83 Å². The molecule has 0 fully saturated rings. The Hall–Kier alpha value is -11.6. The van der Waals surface area contributed by atoms with Crippen molar-refractivity contribution >= 4 is 158 Å². The van der Waals surface area contributed by atoms with Gasteiger partial charge in [0.2, 0.25) is 0 Å². The van der Waals surface area contributed by atoms with E-state index in [9.17, 15) is 4.39 Å². The molecular formula is C82H47F2N3O2S. The van der Waals surface area contributed by atoms with Gasteiger partial charge in [-0.15, -0.1) is 11.3 Å². The quantitative estimate of drug-likeness (QED) is 0.144. The van der Waals surface area contributed by atoms with E-state index in [1.807, 2.05) is 54.6 Å². The Morgan fingerprint density at radius 3 is 1.40 bits per heavy atom. The number of para-hydroxylation sites is 2. The van der Waals surface area contributed by atoms with Crippen molar-refractivity contribution in [3.63, 3.8) is 0 Å². The lowest BCUT2D eigenvalue weighted by Crippen LogP contribution is -2.10. The Labute approximate surface area is 517 Å². The molecule has 0 bridgehead atoms. The molecule has 0 amide bonds. The Morgan fingerprint density at radius 1 is 0.311 bits per heavy atom. The second-order valence-electron chi connectivity index (χ2n) is 23.4. The van der Waals surface area contributed by atoms with Crippen molar-refractivity contribution in [2.45, 2.75) is 0 Å². The summed E-state index contributed by atoms with van der Waals surface area (Å²) in [4.78, 5) is 4.49. The van der Waals surface area contributed by atoms with E-state index in [0.29, 0.717) is 0 Å². The van der Waals surface area contributed by atoms with Crippen LogP contribution in [0, 0.1) is 11.6 Å². The molecule has 0 saturated carbocycles. The maximum absolute atomic E-state index is 15.1. The van der Waals surface area contributed by atoms with Crippen molar-refractivity contribution in [3.05, 3.63) is 297 Å². The molecule has 90 heavy (non-hydrogen) atoms. The Bertz CT molecular complexity index is 6110. The van der Waals surface area contributed by atoms with Crippen LogP contribution in [-0.2, 0) is 0 Å². The third-order valence-electron chi connectivity index (χ3n) is 18.4. The number of fused-ring (bicyclic) bond motifs is 18. The van der Waals surface area contributed by atoms with Crippen LogP contribution < -0.4 is 9.80 Å². The van der Waals surface area contributed by atoms with Crippen LogP contribution in [0.5, 0.6) is 0 Å². The van der Waals surface area contributed by atoms with Crippen molar-refractivity contribution in [1.29, 1.82) is 0 Å². The topological polar surface area (TPSA) is 37.2 Å². The van der Waals surface area contributed by atoms with Crippen LogP contribution >= 0.6 is 11.3 Å². The molecule has 0 aliphatic heterocycles. The van der Waals surface area contributed by atoms with Crippen LogP contribution in [0.25, 0.3) is 146 Å². The molecule has 0 radical (unpaired) electrons. The van der Waals surface area contributed by atoms with Crippen LogP contribution in [0.4, 0.5) is 42.9 Å². The van der Waals surface area contributed by atoms with Gasteiger partial charge >= 0.3 is 0 Å². The molecule has 0 N–H and O–H groups in total. The molecule has 0 aliphatic rings. The SMILES string of the molecule is Fc1ccc(N(c2ccc3c(c2)sc2c3ccc3c2ccc2c4ccc(N(c5ccc(F)cc5)c5ccc6oc7c(-c8ccccc8)cccc7c6c5)c5c6cc(-c7ccccc7)ccc6n(c32)c45)c2ccc3oc4c(-c5ccccc5)cccc4c3c2)cc1. The number of halogens is 2. The zero-order valence-electron chi connectivity index (χ0n) is 48.0. The zero-order chi connectivity index (χ0) is 59.3. The summed E-state index contributed by atoms with van der Waals surface area (Å²) in [6, 6.07) is 97.7. The lowest BCUT2D eigenvalue weighted by atomic mass is 9.99. The summed E-state index contributed by atoms with van der Waals surface area (Å²) < 4.78 is 48.0. The average Bonchev–Trinajstić information content (AvgIpc) is 1.52. The summed E-state index contributed by atoms with van der Waals surface area (Å²) in [7, 11) is 0. The van der Waals surface area contributed by atoms with Gasteiger partial charge in [0.15, 0.2) is 0 Å². The van der Waals surface area contributed by atoms with Gasteiger partial charge in [0.1, 0.15) is 34.0 Å². The number of hydrogen-bond acceptors (Lipinski definition) is 5. The molecule has 0 aliphatic carbocycles. The predicted octanol–water partition coefficient (Wildman–Crippen LogP) is 24.4. The minimum atomic E-state index is -0.302. The summed E-state index contributed by atoms with van der Waals surface area (Å²) in [6.45, 7) is 0. The van der Waals surface area contributed by atoms with Gasteiger partial charge in [0.05, 0.1) is 22.2 Å². The number of nitrogens with zero attached hydrogens (tertiary/aromatic N) is 3. The molecule has 0 atom stereocenters. The van der Waals surface area contributed by atoms with Crippen LogP contribution in [-0.4, -0.2) is 4.40 Å². The number of hydrogen-bond donors (Lipinski definition) is 0. The van der Waals surface area contributed by atoms with Crippen molar-refractivity contribution in [2.24, 2.45) is 0 Å². The minimum absolute atomic E-state index is 0.293. The van der Waals surface area contributed by atoms with E-state index in [1.165, 1.54) is 33.0 Å². The fourth-order valence-electron chi connectivity index (χ4n) is 14.4. The van der Waals surface area contributed by atoms with Gasteiger partial charge in [0, 0.05) is 114 Å². The van der Waals surface area contributed by atoms with Crippen LogP contribution in [0.1, 0.15) is 0 Å². The first-order chi connectivity index (χ1) is 44.4. The highest BCUT2D eigenvalue weighted by molar-refractivity contribution is 7.26. The fraction of sp³-hybridized carbons (Fsp3) is 0. The Morgan fingerprint density at radius 2 is 0.789 bits per heavy atom. The van der Waals surface area contributed by atoms with Crippen LogP contribution in [0.3, 0.4) is 0 Å². The number of thiophene rings is 1. The molecule has 19 aromatic rings. The van der Waals surface area contributed by atoms with E-state index < -0.39 is 0 Å². The number of benzene rings is 14. The van der Waals surface area contributed by atoms with E-state index in [1.54, 1.807) is 23.5 Å². The van der Waals surface area contributed by atoms with Crippen molar-refractivity contribution in [1.82, 2.24) is 4.40 Å². The molecule has 14 aromatic carbocycles. The highest BCUT2D eigenvalue weighted by Crippen LogP contribution is 2.52. The molecule has 19 rings (SSSR count). The average molecular weight is 1180 g/mol. The Kier molecular flexibility index (Phi) is 10.9. The fourth-order valence-corrected chi connectivity index (χ4v) is 15.6. The van der Waals surface area contributed by atoms with Crippen molar-refractivity contribution in [3.8, 4) is 33.4 Å². The summed E-state index contributed by atoms with van der Waals surface area (Å²) in [6.07, 6.45) is 0. The second-order valence-corrected chi connectivity index (χ2v) is 24.4. The van der Waals surface area contributed by atoms with Crippen molar-refractivity contribution in [2.75, 3.05) is 9.80 Å². The first-order valence-electron chi connectivity index (χ1n) is 30.2. The normalized spacial score (nSPS) is 12.1. The number of anilines is 6. The minimum Gasteiger partial charge on any atom is -0.455 e. The van der Waals surface area contributed by atoms with Gasteiger partial charge < -0.3 is 23.0 Å². The van der Waals surface area contributed by atoms with E-state index in [2.05, 4.69) is 220 Å². The Balaban J connectivity index is 0.804. The number of aromatic nitrogens is 1. The smallest absolute Gasteiger partial charge is 0.143 e. The summed E-state index contributed by atoms with van der Waals surface area (Å²) in [5.74, 6) is -0.595. The van der Waals surface area contributed by atoms with Gasteiger partial charge in [-0.25, -0.2) is 8.78 Å². The maximum Gasteiger partial charge on any atom is 0.143 e. The standard InChI is InChI=1S/C82H47F2N3O2S/c83-52-23-27-54(28-24-52)85(56-32-42-74-69(45-56)65-20-10-18-59(80(65)88-74)49-14-6-2-7-15-49)58-31-34-61-67-37-36-64-68(82(67)90-76(61)47-58)38-35-62-63-39-41-73(77-71-44-51(48-12-4-1-5-13-48)22-40-72(71)87(78(62)64)79(63)77)86(55-29-25-53(84)26-30-55)57-33-43-75-70(46-57)66-21-11-19-60(81(66)89-75)50-16-8-3-9-17-50/h1-47H. The first-order valence-corrected chi connectivity index (χ1v) is 31.0. The largest absolute Gasteiger partial charge is 0.455 e. The summed E-state index contributed by atoms with van der Waals surface area (Å²) >= 11 is 1.80. The van der Waals surface area contributed by atoms with Crippen LogP contribution in [0.15, 0.2) is 294 Å². The lowest BCUT2D eigenvalue weighted by Gasteiger charge is -2.26. The first kappa shape index (κ1) is 50.6. The van der Waals surface area contributed by atoms with Gasteiger partial charge in [-0.1, -0.05) is 170 Å².